The predicted molar refractivity (Wildman–Crippen MR) is 117 cm³/mol. The van der Waals surface area contributed by atoms with Crippen molar-refractivity contribution in [2.45, 2.75) is 36.4 Å². The molecule has 144 valence electrons. The van der Waals surface area contributed by atoms with Gasteiger partial charge < -0.3 is 4.74 Å². The number of nitrogens with zero attached hydrogens (tertiary/aromatic N) is 4. The molecule has 1 aliphatic heterocycles. The number of thiophene rings is 2. The van der Waals surface area contributed by atoms with Crippen LogP contribution in [0.3, 0.4) is 0 Å². The van der Waals surface area contributed by atoms with E-state index in [1.807, 2.05) is 0 Å². The summed E-state index contributed by atoms with van der Waals surface area (Å²) in [7, 11) is 0. The van der Waals surface area contributed by atoms with Crippen LogP contribution in [-0.2, 0) is 17.0 Å². The largest absolute Gasteiger partial charge is 0.376 e. The van der Waals surface area contributed by atoms with Crippen LogP contribution in [-0.4, -0.2) is 32.5 Å². The molecule has 4 aromatic heterocycles. The Morgan fingerprint density at radius 1 is 1.11 bits per heavy atom. The minimum atomic E-state index is 0.249. The SMILES string of the molecule is c1csc(-c2nc(CSc3nnc(-c4cccs4)n3CC3CCCO3)cs2)c1. The van der Waals surface area contributed by atoms with Crippen LogP contribution in [0.4, 0.5) is 0 Å². The molecule has 5 nitrogen and oxygen atoms in total. The van der Waals surface area contributed by atoms with Crippen molar-refractivity contribution in [1.29, 1.82) is 0 Å². The summed E-state index contributed by atoms with van der Waals surface area (Å²) in [6.07, 6.45) is 2.48. The van der Waals surface area contributed by atoms with Crippen LogP contribution in [0.5, 0.6) is 0 Å². The summed E-state index contributed by atoms with van der Waals surface area (Å²) in [5.74, 6) is 1.72. The van der Waals surface area contributed by atoms with Crippen LogP contribution in [0.2, 0.25) is 0 Å². The Kier molecular flexibility index (Phi) is 5.59. The highest BCUT2D eigenvalue weighted by Crippen LogP contribution is 2.32. The standard InChI is InChI=1S/C19H18N4OS4/c1-4-14(24-7-1)10-23-17(15-5-2-8-25-15)21-22-19(23)28-12-13-11-27-18(20-13)16-6-3-9-26-16/h2-3,5-6,8-9,11,14H,1,4,7,10,12H2. The van der Waals surface area contributed by atoms with Gasteiger partial charge in [-0.05, 0) is 35.7 Å². The number of thioether (sulfide) groups is 1. The molecule has 0 amide bonds. The van der Waals surface area contributed by atoms with Crippen molar-refractivity contribution in [1.82, 2.24) is 19.7 Å². The average Bonchev–Trinajstić information content (AvgIpc) is 3.53. The van der Waals surface area contributed by atoms with E-state index in [9.17, 15) is 0 Å². The van der Waals surface area contributed by atoms with Gasteiger partial charge in [-0.2, -0.15) is 0 Å². The van der Waals surface area contributed by atoms with E-state index in [-0.39, 0.29) is 6.10 Å². The zero-order chi connectivity index (χ0) is 18.8. The third kappa shape index (κ3) is 3.95. The molecule has 0 aromatic carbocycles. The average molecular weight is 447 g/mol. The van der Waals surface area contributed by atoms with E-state index < -0.39 is 0 Å². The van der Waals surface area contributed by atoms with Gasteiger partial charge in [0, 0.05) is 17.7 Å². The first-order chi connectivity index (χ1) is 13.9. The molecule has 4 aromatic rings. The van der Waals surface area contributed by atoms with Gasteiger partial charge in [0.15, 0.2) is 11.0 Å². The number of hydrogen-bond donors (Lipinski definition) is 0. The van der Waals surface area contributed by atoms with Crippen molar-refractivity contribution < 1.29 is 4.74 Å². The van der Waals surface area contributed by atoms with Crippen molar-refractivity contribution in [3.8, 4) is 20.6 Å². The van der Waals surface area contributed by atoms with Gasteiger partial charge in [0.2, 0.25) is 0 Å². The van der Waals surface area contributed by atoms with Crippen LogP contribution < -0.4 is 0 Å². The Morgan fingerprint density at radius 3 is 2.71 bits per heavy atom. The van der Waals surface area contributed by atoms with Crippen LogP contribution in [0, 0.1) is 0 Å². The van der Waals surface area contributed by atoms with E-state index >= 15 is 0 Å². The first kappa shape index (κ1) is 18.5. The fourth-order valence-electron chi connectivity index (χ4n) is 3.17. The molecule has 0 spiro atoms. The first-order valence-electron chi connectivity index (χ1n) is 9.06. The molecular weight excluding hydrogens is 429 g/mol. The number of aromatic nitrogens is 4. The fourth-order valence-corrected chi connectivity index (χ4v) is 6.46. The summed E-state index contributed by atoms with van der Waals surface area (Å²) in [5.41, 5.74) is 1.09. The smallest absolute Gasteiger partial charge is 0.191 e. The molecule has 0 radical (unpaired) electrons. The maximum atomic E-state index is 5.87. The van der Waals surface area contributed by atoms with E-state index in [4.69, 9.17) is 9.72 Å². The van der Waals surface area contributed by atoms with Gasteiger partial charge in [0.1, 0.15) is 5.01 Å². The van der Waals surface area contributed by atoms with Gasteiger partial charge in [0.05, 0.1) is 28.1 Å². The first-order valence-corrected chi connectivity index (χ1v) is 12.7. The second kappa shape index (κ2) is 8.46. The van der Waals surface area contributed by atoms with Gasteiger partial charge in [0.25, 0.3) is 0 Å². The molecule has 1 unspecified atom stereocenters. The highest BCUT2D eigenvalue weighted by atomic mass is 32.2. The molecule has 1 fully saturated rings. The molecule has 1 aliphatic rings. The molecule has 1 atom stereocenters. The summed E-state index contributed by atoms with van der Waals surface area (Å²) >= 11 is 6.82. The second-order valence-corrected chi connectivity index (χ2v) is 10.1. The number of hydrogen-bond acceptors (Lipinski definition) is 8. The maximum absolute atomic E-state index is 5.87. The summed E-state index contributed by atoms with van der Waals surface area (Å²) in [4.78, 5) is 7.15. The van der Waals surface area contributed by atoms with Crippen molar-refractivity contribution in [3.05, 3.63) is 46.1 Å². The monoisotopic (exact) mass is 446 g/mol. The van der Waals surface area contributed by atoms with E-state index in [1.54, 1.807) is 45.8 Å². The van der Waals surface area contributed by atoms with Gasteiger partial charge in [-0.3, -0.25) is 4.57 Å². The molecule has 28 heavy (non-hydrogen) atoms. The minimum Gasteiger partial charge on any atom is -0.376 e. The van der Waals surface area contributed by atoms with Crippen LogP contribution in [0.25, 0.3) is 20.6 Å². The maximum Gasteiger partial charge on any atom is 0.191 e. The molecule has 0 aliphatic carbocycles. The highest BCUT2D eigenvalue weighted by Gasteiger charge is 2.22. The fraction of sp³-hybridized carbons (Fsp3) is 0.316. The lowest BCUT2D eigenvalue weighted by atomic mass is 10.2. The van der Waals surface area contributed by atoms with E-state index in [0.29, 0.717) is 0 Å². The van der Waals surface area contributed by atoms with Crippen molar-refractivity contribution in [3.63, 3.8) is 0 Å². The van der Waals surface area contributed by atoms with Gasteiger partial charge >= 0.3 is 0 Å². The normalized spacial score (nSPS) is 16.8. The van der Waals surface area contributed by atoms with Crippen molar-refractivity contribution >= 4 is 45.8 Å². The minimum absolute atomic E-state index is 0.249. The van der Waals surface area contributed by atoms with Crippen molar-refractivity contribution in [2.24, 2.45) is 0 Å². The Bertz CT molecular complexity index is 1020. The van der Waals surface area contributed by atoms with Gasteiger partial charge in [-0.1, -0.05) is 23.9 Å². The second-order valence-electron chi connectivity index (χ2n) is 6.44. The summed E-state index contributed by atoms with van der Waals surface area (Å²) < 4.78 is 8.09. The topological polar surface area (TPSA) is 52.8 Å². The predicted octanol–water partition coefficient (Wildman–Crippen LogP) is 5.66. The quantitative estimate of drug-likeness (QED) is 0.343. The molecule has 0 saturated carbocycles. The van der Waals surface area contributed by atoms with E-state index in [1.165, 1.54) is 4.88 Å². The Labute approximate surface area is 179 Å². The van der Waals surface area contributed by atoms with Gasteiger partial charge in [-0.25, -0.2) is 4.98 Å². The molecule has 9 heteroatoms. The van der Waals surface area contributed by atoms with Crippen LogP contribution in [0.1, 0.15) is 18.5 Å². The highest BCUT2D eigenvalue weighted by molar-refractivity contribution is 7.98. The molecule has 1 saturated heterocycles. The molecular formula is C19H18N4OS4. The summed E-state index contributed by atoms with van der Waals surface area (Å²) in [5, 5.41) is 17.3. The van der Waals surface area contributed by atoms with E-state index in [0.717, 1.165) is 58.3 Å². The third-order valence-electron chi connectivity index (χ3n) is 4.50. The lowest BCUT2D eigenvalue weighted by molar-refractivity contribution is 0.0953. The lowest BCUT2D eigenvalue weighted by Crippen LogP contribution is -2.16. The molecule has 5 heterocycles. The summed E-state index contributed by atoms with van der Waals surface area (Å²) in [6, 6.07) is 8.34. The van der Waals surface area contributed by atoms with Crippen LogP contribution in [0.15, 0.2) is 45.6 Å². The van der Waals surface area contributed by atoms with Crippen LogP contribution >= 0.6 is 45.8 Å². The van der Waals surface area contributed by atoms with Gasteiger partial charge in [-0.15, -0.1) is 44.2 Å². The zero-order valence-electron chi connectivity index (χ0n) is 15.0. The summed E-state index contributed by atoms with van der Waals surface area (Å²) in [6.45, 7) is 1.66. The molecule has 0 bridgehead atoms. The molecule has 0 N–H and O–H groups in total. The van der Waals surface area contributed by atoms with E-state index in [2.05, 4.69) is 55.2 Å². The third-order valence-corrected chi connectivity index (χ3v) is 8.30. The molecule has 5 rings (SSSR count). The number of ether oxygens (including phenoxy) is 1. The Balaban J connectivity index is 1.35. The Morgan fingerprint density at radius 2 is 1.96 bits per heavy atom. The Hall–Kier alpha value is -1.52. The number of rotatable bonds is 7. The lowest BCUT2D eigenvalue weighted by Gasteiger charge is -2.14. The zero-order valence-corrected chi connectivity index (χ0v) is 18.3. The number of thiazole rings is 1. The van der Waals surface area contributed by atoms with Crippen molar-refractivity contribution in [2.75, 3.05) is 6.61 Å².